The Hall–Kier alpha value is -1.21. The van der Waals surface area contributed by atoms with Crippen molar-refractivity contribution in [2.45, 2.75) is 6.16 Å². The van der Waals surface area contributed by atoms with E-state index in [2.05, 4.69) is 0 Å². The van der Waals surface area contributed by atoms with Gasteiger partial charge in [-0.25, -0.2) is 4.79 Å². The smallest absolute Gasteiger partial charge is 0.234 e. The number of rotatable bonds is 4. The van der Waals surface area contributed by atoms with Gasteiger partial charge in [0.15, 0.2) is 6.16 Å². The van der Waals surface area contributed by atoms with Crippen molar-refractivity contribution < 1.29 is 9.36 Å². The van der Waals surface area contributed by atoms with Crippen LogP contribution in [0.25, 0.3) is 0 Å². The molecule has 0 heterocycles. The van der Waals surface area contributed by atoms with Gasteiger partial charge in [0.2, 0.25) is 0 Å². The average molecular weight is 312 g/mol. The molecule has 0 spiro atoms. The van der Waals surface area contributed by atoms with Crippen molar-refractivity contribution >= 4 is 36.5 Å². The Morgan fingerprint density at radius 3 is 2.11 bits per heavy atom. The third kappa shape index (κ3) is 3.42. The molecule has 2 rings (SSSR count). The fourth-order valence-corrected chi connectivity index (χ4v) is 3.53. The second-order valence-electron chi connectivity index (χ2n) is 3.92. The highest BCUT2D eigenvalue weighted by atomic mass is 35.5. The lowest BCUT2D eigenvalue weighted by molar-refractivity contribution is 0.107. The van der Waals surface area contributed by atoms with E-state index in [0.29, 0.717) is 0 Å². The van der Waals surface area contributed by atoms with Crippen LogP contribution in [0.5, 0.6) is 0 Å². The van der Waals surface area contributed by atoms with Gasteiger partial charge in [0.25, 0.3) is 0 Å². The van der Waals surface area contributed by atoms with Gasteiger partial charge in [0.05, 0.1) is 10.0 Å². The van der Waals surface area contributed by atoms with E-state index in [-0.39, 0.29) is 21.8 Å². The highest BCUT2D eigenvalue weighted by molar-refractivity contribution is 7.63. The quantitative estimate of drug-likeness (QED) is 0.731. The summed E-state index contributed by atoms with van der Waals surface area (Å²) >= 11 is 11.9. The molecule has 1 atom stereocenters. The molecule has 0 aliphatic heterocycles. The molecular formula is C14H10Cl2O2P+. The summed E-state index contributed by atoms with van der Waals surface area (Å²) in [6.45, 7) is 0. The normalized spacial score (nSPS) is 11.2. The molecule has 0 bridgehead atoms. The Bertz CT molecular complexity index is 606. The standard InChI is InChI=1S/C14H10Cl2O2P/c15-11-7-4-8-12(16)13(11)14(17)19(18)9-10-5-2-1-3-6-10/h1-8H,9H2/q+1. The number of carbonyl (C=O) groups excluding carboxylic acids is 1. The Morgan fingerprint density at radius 2 is 1.53 bits per heavy atom. The fourth-order valence-electron chi connectivity index (χ4n) is 1.65. The van der Waals surface area contributed by atoms with Crippen LogP contribution in [0.2, 0.25) is 10.0 Å². The van der Waals surface area contributed by atoms with E-state index in [4.69, 9.17) is 23.2 Å². The van der Waals surface area contributed by atoms with Crippen molar-refractivity contribution in [3.8, 4) is 0 Å². The molecule has 0 N–H and O–H groups in total. The first-order chi connectivity index (χ1) is 9.09. The third-order valence-corrected chi connectivity index (χ3v) is 4.53. The van der Waals surface area contributed by atoms with E-state index in [1.807, 2.05) is 30.3 Å². The van der Waals surface area contributed by atoms with Crippen LogP contribution in [0, 0.1) is 0 Å². The Morgan fingerprint density at radius 1 is 0.947 bits per heavy atom. The van der Waals surface area contributed by atoms with Crippen molar-refractivity contribution in [2.75, 3.05) is 0 Å². The Labute approximate surface area is 122 Å². The summed E-state index contributed by atoms with van der Waals surface area (Å²) in [5, 5.41) is 0.461. The Balaban J connectivity index is 2.23. The average Bonchev–Trinajstić information content (AvgIpc) is 2.39. The van der Waals surface area contributed by atoms with Gasteiger partial charge in [-0.05, 0) is 12.1 Å². The van der Waals surface area contributed by atoms with Gasteiger partial charge in [-0.2, -0.15) is 0 Å². The molecule has 0 radical (unpaired) electrons. The summed E-state index contributed by atoms with van der Waals surface area (Å²) in [5.41, 5.74) is 0.484. The van der Waals surface area contributed by atoms with Gasteiger partial charge < -0.3 is 0 Å². The van der Waals surface area contributed by atoms with E-state index in [1.165, 1.54) is 0 Å². The predicted octanol–water partition coefficient (Wildman–Crippen LogP) is 5.16. The lowest BCUT2D eigenvalue weighted by Crippen LogP contribution is -1.97. The zero-order valence-electron chi connectivity index (χ0n) is 9.85. The van der Waals surface area contributed by atoms with Gasteiger partial charge in [-0.1, -0.05) is 64.2 Å². The second kappa shape index (κ2) is 6.29. The third-order valence-electron chi connectivity index (χ3n) is 2.57. The van der Waals surface area contributed by atoms with Crippen LogP contribution in [0.3, 0.4) is 0 Å². The SMILES string of the molecule is O=C(c1c(Cl)cccc1Cl)[P+](=O)Cc1ccccc1. The minimum atomic E-state index is -2.08. The summed E-state index contributed by atoms with van der Waals surface area (Å²) in [5.74, 6) is 0. The van der Waals surface area contributed by atoms with Crippen LogP contribution in [0.4, 0.5) is 0 Å². The number of halogens is 2. The van der Waals surface area contributed by atoms with Crippen molar-refractivity contribution in [3.63, 3.8) is 0 Å². The number of carbonyl (C=O) groups is 1. The van der Waals surface area contributed by atoms with Crippen LogP contribution < -0.4 is 0 Å². The molecule has 0 saturated heterocycles. The van der Waals surface area contributed by atoms with Crippen LogP contribution in [0.15, 0.2) is 48.5 Å². The summed E-state index contributed by atoms with van der Waals surface area (Å²) in [6.07, 6.45) is 0.191. The molecule has 0 fully saturated rings. The first kappa shape index (κ1) is 14.2. The predicted molar refractivity (Wildman–Crippen MR) is 78.5 cm³/mol. The Kier molecular flexibility index (Phi) is 4.71. The van der Waals surface area contributed by atoms with E-state index in [1.54, 1.807) is 18.2 Å². The maximum Gasteiger partial charge on any atom is 0.424 e. The summed E-state index contributed by atoms with van der Waals surface area (Å²) < 4.78 is 12.1. The number of hydrogen-bond donors (Lipinski definition) is 0. The fraction of sp³-hybridized carbons (Fsp3) is 0.0714. The second-order valence-corrected chi connectivity index (χ2v) is 6.22. The summed E-state index contributed by atoms with van der Waals surface area (Å²) in [4.78, 5) is 12.1. The lowest BCUT2D eigenvalue weighted by Gasteiger charge is -1.99. The van der Waals surface area contributed by atoms with Gasteiger partial charge in [-0.3, -0.25) is 0 Å². The molecule has 0 aromatic heterocycles. The maximum absolute atomic E-state index is 12.1. The molecule has 2 aromatic rings. The molecule has 2 aromatic carbocycles. The molecule has 0 aliphatic carbocycles. The van der Waals surface area contributed by atoms with Crippen LogP contribution in [0.1, 0.15) is 15.9 Å². The van der Waals surface area contributed by atoms with Gasteiger partial charge >= 0.3 is 13.3 Å². The highest BCUT2D eigenvalue weighted by Gasteiger charge is 2.33. The van der Waals surface area contributed by atoms with Gasteiger partial charge in [0, 0.05) is 5.56 Å². The van der Waals surface area contributed by atoms with Crippen molar-refractivity contribution in [1.82, 2.24) is 0 Å². The molecule has 1 unspecified atom stereocenters. The first-order valence-electron chi connectivity index (χ1n) is 5.56. The van der Waals surface area contributed by atoms with E-state index in [0.717, 1.165) is 5.56 Å². The molecular weight excluding hydrogens is 302 g/mol. The number of benzene rings is 2. The summed E-state index contributed by atoms with van der Waals surface area (Å²) in [7, 11) is -2.08. The van der Waals surface area contributed by atoms with Gasteiger partial charge in [0.1, 0.15) is 5.56 Å². The first-order valence-corrected chi connectivity index (χ1v) is 7.76. The highest BCUT2D eigenvalue weighted by Crippen LogP contribution is 2.36. The molecule has 0 saturated carbocycles. The van der Waals surface area contributed by atoms with E-state index < -0.39 is 13.3 Å². The molecule has 0 amide bonds. The number of hydrogen-bond acceptors (Lipinski definition) is 2. The molecule has 2 nitrogen and oxygen atoms in total. The van der Waals surface area contributed by atoms with Crippen LogP contribution >= 0.6 is 31.0 Å². The largest absolute Gasteiger partial charge is 0.424 e. The molecule has 19 heavy (non-hydrogen) atoms. The van der Waals surface area contributed by atoms with Crippen molar-refractivity contribution in [1.29, 1.82) is 0 Å². The van der Waals surface area contributed by atoms with E-state index >= 15 is 0 Å². The molecule has 5 heteroatoms. The molecule has 0 aliphatic rings. The van der Waals surface area contributed by atoms with E-state index in [9.17, 15) is 9.36 Å². The van der Waals surface area contributed by atoms with Crippen LogP contribution in [-0.4, -0.2) is 5.52 Å². The lowest BCUT2D eigenvalue weighted by atomic mass is 10.2. The zero-order valence-corrected chi connectivity index (χ0v) is 12.3. The molecule has 96 valence electrons. The maximum atomic E-state index is 12.1. The van der Waals surface area contributed by atoms with Gasteiger partial charge in [-0.15, -0.1) is 0 Å². The van der Waals surface area contributed by atoms with Crippen molar-refractivity contribution in [3.05, 3.63) is 69.7 Å². The zero-order chi connectivity index (χ0) is 13.8. The van der Waals surface area contributed by atoms with Crippen molar-refractivity contribution in [2.24, 2.45) is 0 Å². The summed E-state index contributed by atoms with van der Waals surface area (Å²) in [6, 6.07) is 14.0. The minimum absolute atomic E-state index is 0.142. The van der Waals surface area contributed by atoms with Crippen LogP contribution in [-0.2, 0) is 10.7 Å². The topological polar surface area (TPSA) is 34.1 Å². The minimum Gasteiger partial charge on any atom is -0.234 e. The monoisotopic (exact) mass is 311 g/mol.